The molecule has 1 unspecified atom stereocenters. The Morgan fingerprint density at radius 2 is 2.16 bits per heavy atom. The normalized spacial score (nSPS) is 23.7. The summed E-state index contributed by atoms with van der Waals surface area (Å²) in [5.74, 6) is 0.923. The van der Waals surface area contributed by atoms with E-state index in [0.29, 0.717) is 0 Å². The smallest absolute Gasteiger partial charge is 0.205 e. The van der Waals surface area contributed by atoms with Gasteiger partial charge >= 0.3 is 0 Å². The Kier molecular flexibility index (Phi) is 4.23. The van der Waals surface area contributed by atoms with Gasteiger partial charge in [0.1, 0.15) is 5.82 Å². The average Bonchev–Trinajstić information content (AvgIpc) is 2.75. The predicted octanol–water partition coefficient (Wildman–Crippen LogP) is 3.21. The van der Waals surface area contributed by atoms with Crippen molar-refractivity contribution in [3.63, 3.8) is 0 Å². The molecule has 0 bridgehead atoms. The van der Waals surface area contributed by atoms with E-state index in [1.165, 1.54) is 11.5 Å². The van der Waals surface area contributed by atoms with Crippen LogP contribution < -0.4 is 4.90 Å². The SMILES string of the molecule is CC1(C)CN(c2nc(C(C)(C)C)ns2)CC(CBr)O1. The summed E-state index contributed by atoms with van der Waals surface area (Å²) in [5.41, 5.74) is -0.143. The quantitative estimate of drug-likeness (QED) is 0.770. The molecule has 6 heteroatoms. The van der Waals surface area contributed by atoms with Gasteiger partial charge < -0.3 is 9.64 Å². The first-order valence-electron chi connectivity index (χ1n) is 6.54. The highest BCUT2D eigenvalue weighted by atomic mass is 79.9. The van der Waals surface area contributed by atoms with Crippen LogP contribution in [0.1, 0.15) is 40.4 Å². The fraction of sp³-hybridized carbons (Fsp3) is 0.846. The molecule has 1 aliphatic heterocycles. The Balaban J connectivity index is 2.19. The van der Waals surface area contributed by atoms with E-state index in [1.807, 2.05) is 0 Å². The van der Waals surface area contributed by atoms with Crippen LogP contribution in [0.25, 0.3) is 0 Å². The maximum absolute atomic E-state index is 6.02. The number of anilines is 1. The summed E-state index contributed by atoms with van der Waals surface area (Å²) in [4.78, 5) is 7.00. The lowest BCUT2D eigenvalue weighted by Gasteiger charge is -2.42. The van der Waals surface area contributed by atoms with Gasteiger partial charge in [0.15, 0.2) is 0 Å². The van der Waals surface area contributed by atoms with E-state index in [2.05, 4.69) is 59.8 Å². The zero-order valence-electron chi connectivity index (χ0n) is 12.2. The van der Waals surface area contributed by atoms with Crippen molar-refractivity contribution < 1.29 is 4.74 Å². The maximum atomic E-state index is 6.02. The van der Waals surface area contributed by atoms with Crippen molar-refractivity contribution in [1.82, 2.24) is 9.36 Å². The molecule has 0 amide bonds. The van der Waals surface area contributed by atoms with E-state index < -0.39 is 0 Å². The maximum Gasteiger partial charge on any atom is 0.205 e. The predicted molar refractivity (Wildman–Crippen MR) is 83.6 cm³/mol. The highest BCUT2D eigenvalue weighted by Gasteiger charge is 2.34. The summed E-state index contributed by atoms with van der Waals surface area (Å²) in [6.45, 7) is 12.4. The summed E-state index contributed by atoms with van der Waals surface area (Å²) >= 11 is 5.01. The van der Waals surface area contributed by atoms with Gasteiger partial charge in [0, 0.05) is 35.4 Å². The molecular weight excluding hydrogens is 326 g/mol. The largest absolute Gasteiger partial charge is 0.368 e. The number of nitrogens with zero attached hydrogens (tertiary/aromatic N) is 3. The molecule has 0 saturated carbocycles. The van der Waals surface area contributed by atoms with Gasteiger partial charge in [0.05, 0.1) is 11.7 Å². The Morgan fingerprint density at radius 3 is 2.68 bits per heavy atom. The molecule has 1 aromatic rings. The third kappa shape index (κ3) is 3.67. The van der Waals surface area contributed by atoms with Crippen LogP contribution in [0.5, 0.6) is 0 Å². The molecule has 1 aromatic heterocycles. The third-order valence-corrected chi connectivity index (χ3v) is 4.51. The Hall–Kier alpha value is -0.200. The van der Waals surface area contributed by atoms with Crippen LogP contribution in [0.3, 0.4) is 0 Å². The van der Waals surface area contributed by atoms with E-state index in [1.54, 1.807) is 0 Å². The van der Waals surface area contributed by atoms with Crippen LogP contribution in [0.15, 0.2) is 0 Å². The second kappa shape index (κ2) is 5.30. The van der Waals surface area contributed by atoms with E-state index in [-0.39, 0.29) is 17.1 Å². The second-order valence-electron chi connectivity index (χ2n) is 6.68. The van der Waals surface area contributed by atoms with Crippen molar-refractivity contribution in [3.05, 3.63) is 5.82 Å². The molecule has 4 nitrogen and oxygen atoms in total. The first-order valence-corrected chi connectivity index (χ1v) is 8.44. The number of hydrogen-bond donors (Lipinski definition) is 0. The molecule has 2 heterocycles. The molecule has 0 aromatic carbocycles. The van der Waals surface area contributed by atoms with Crippen molar-refractivity contribution in [2.45, 2.75) is 51.7 Å². The zero-order chi connectivity index (χ0) is 14.3. The number of morpholine rings is 1. The number of aromatic nitrogens is 2. The summed E-state index contributed by atoms with van der Waals surface area (Å²) in [6.07, 6.45) is 0.200. The first-order chi connectivity index (χ1) is 8.71. The highest BCUT2D eigenvalue weighted by molar-refractivity contribution is 9.09. The van der Waals surface area contributed by atoms with Gasteiger partial charge in [-0.05, 0) is 13.8 Å². The van der Waals surface area contributed by atoms with E-state index in [4.69, 9.17) is 9.72 Å². The van der Waals surface area contributed by atoms with Crippen LogP contribution in [-0.4, -0.2) is 39.5 Å². The van der Waals surface area contributed by atoms with E-state index in [9.17, 15) is 0 Å². The average molecular weight is 348 g/mol. The van der Waals surface area contributed by atoms with Crippen molar-refractivity contribution >= 4 is 32.6 Å². The molecule has 0 radical (unpaired) electrons. The molecule has 2 rings (SSSR count). The molecule has 0 aliphatic carbocycles. The molecule has 0 spiro atoms. The van der Waals surface area contributed by atoms with Gasteiger partial charge in [-0.25, -0.2) is 4.98 Å². The molecule has 0 N–H and O–H groups in total. The van der Waals surface area contributed by atoms with Gasteiger partial charge in [-0.15, -0.1) is 0 Å². The Labute approximate surface area is 127 Å². The summed E-state index contributed by atoms with van der Waals surface area (Å²) < 4.78 is 10.5. The standard InChI is InChI=1S/C13H22BrN3OS/c1-12(2,3)10-15-11(19-16-10)17-7-9(6-14)18-13(4,5)8-17/h9H,6-8H2,1-5H3. The van der Waals surface area contributed by atoms with Gasteiger partial charge in [-0.2, -0.15) is 4.37 Å². The molecule has 1 fully saturated rings. The number of hydrogen-bond acceptors (Lipinski definition) is 5. The number of alkyl halides is 1. The first kappa shape index (κ1) is 15.2. The fourth-order valence-electron chi connectivity index (χ4n) is 2.17. The lowest BCUT2D eigenvalue weighted by molar-refractivity contribution is -0.0724. The minimum Gasteiger partial charge on any atom is -0.368 e. The topological polar surface area (TPSA) is 38.2 Å². The summed E-state index contributed by atoms with van der Waals surface area (Å²) in [5, 5.41) is 1.85. The van der Waals surface area contributed by atoms with E-state index in [0.717, 1.165) is 29.4 Å². The van der Waals surface area contributed by atoms with Gasteiger partial charge in [0.2, 0.25) is 5.13 Å². The Bertz CT molecular complexity index is 441. The van der Waals surface area contributed by atoms with Gasteiger partial charge in [0.25, 0.3) is 0 Å². The number of rotatable bonds is 2. The molecule has 1 atom stereocenters. The molecule has 108 valence electrons. The second-order valence-corrected chi connectivity index (χ2v) is 8.06. The Morgan fingerprint density at radius 1 is 1.47 bits per heavy atom. The van der Waals surface area contributed by atoms with Crippen LogP contribution in [0, 0.1) is 0 Å². The molecule has 19 heavy (non-hydrogen) atoms. The fourth-order valence-corrected chi connectivity index (χ4v) is 3.37. The van der Waals surface area contributed by atoms with Crippen LogP contribution in [0.4, 0.5) is 5.13 Å². The molecular formula is C13H22BrN3OS. The lowest BCUT2D eigenvalue weighted by atomic mass is 9.96. The monoisotopic (exact) mass is 347 g/mol. The molecule has 1 saturated heterocycles. The van der Waals surface area contributed by atoms with Crippen molar-refractivity contribution in [1.29, 1.82) is 0 Å². The zero-order valence-corrected chi connectivity index (χ0v) is 14.6. The highest BCUT2D eigenvalue weighted by Crippen LogP contribution is 2.30. The van der Waals surface area contributed by atoms with Crippen LogP contribution >= 0.6 is 27.5 Å². The minimum atomic E-state index is -0.149. The van der Waals surface area contributed by atoms with Gasteiger partial charge in [-0.1, -0.05) is 36.7 Å². The van der Waals surface area contributed by atoms with Crippen LogP contribution in [0.2, 0.25) is 0 Å². The minimum absolute atomic E-state index is 0.00534. The number of ether oxygens (including phenoxy) is 1. The van der Waals surface area contributed by atoms with Crippen molar-refractivity contribution in [3.8, 4) is 0 Å². The number of halogens is 1. The van der Waals surface area contributed by atoms with Crippen molar-refractivity contribution in [2.24, 2.45) is 0 Å². The van der Waals surface area contributed by atoms with Crippen molar-refractivity contribution in [2.75, 3.05) is 23.3 Å². The summed E-state index contributed by atoms with van der Waals surface area (Å²) in [7, 11) is 0. The summed E-state index contributed by atoms with van der Waals surface area (Å²) in [6, 6.07) is 0. The van der Waals surface area contributed by atoms with E-state index >= 15 is 0 Å². The van der Waals surface area contributed by atoms with Crippen LogP contribution in [-0.2, 0) is 10.2 Å². The van der Waals surface area contributed by atoms with Gasteiger partial charge in [-0.3, -0.25) is 0 Å². The lowest BCUT2D eigenvalue weighted by Crippen LogP contribution is -2.53. The molecule has 1 aliphatic rings. The third-order valence-electron chi connectivity index (χ3n) is 3.01.